The monoisotopic (exact) mass is 728 g/mol. The first-order valence-electron chi connectivity index (χ1n) is 19.4. The molecule has 0 aliphatic heterocycles. The summed E-state index contributed by atoms with van der Waals surface area (Å²) in [5, 5.41) is 5.11. The molecule has 0 bridgehead atoms. The molecule has 11 aromatic rings. The van der Waals surface area contributed by atoms with E-state index in [2.05, 4.69) is 220 Å². The van der Waals surface area contributed by atoms with Crippen LogP contribution in [0.25, 0.3) is 77.6 Å². The van der Waals surface area contributed by atoms with Gasteiger partial charge in [0.2, 0.25) is 0 Å². The number of anilines is 3. The van der Waals surface area contributed by atoms with Crippen LogP contribution in [0.1, 0.15) is 0 Å². The van der Waals surface area contributed by atoms with E-state index in [0.717, 1.165) is 50.9 Å². The number of fused-ring (bicyclic) bond motifs is 6. The highest BCUT2D eigenvalue weighted by molar-refractivity contribution is 6.21. The highest BCUT2D eigenvalue weighted by atomic mass is 15.1. The van der Waals surface area contributed by atoms with E-state index in [1.54, 1.807) is 0 Å². The van der Waals surface area contributed by atoms with Crippen molar-refractivity contribution in [1.29, 1.82) is 0 Å². The third-order valence-electron chi connectivity index (χ3n) is 11.1. The molecule has 8 aromatic carbocycles. The average molecular weight is 729 g/mol. The number of para-hydroxylation sites is 2. The van der Waals surface area contributed by atoms with Crippen molar-refractivity contribution in [1.82, 2.24) is 14.0 Å². The molecule has 0 unspecified atom stereocenters. The summed E-state index contributed by atoms with van der Waals surface area (Å²) in [4.78, 5) is 7.36. The molecule has 0 saturated heterocycles. The summed E-state index contributed by atoms with van der Waals surface area (Å²) < 4.78 is 4.58. The summed E-state index contributed by atoms with van der Waals surface area (Å²) in [6.45, 7) is 0. The third kappa shape index (κ3) is 5.58. The van der Waals surface area contributed by atoms with Gasteiger partial charge in [-0.15, -0.1) is 0 Å². The Bertz CT molecular complexity index is 3200. The van der Waals surface area contributed by atoms with Crippen LogP contribution in [0.2, 0.25) is 0 Å². The fourth-order valence-electron chi connectivity index (χ4n) is 8.48. The predicted octanol–water partition coefficient (Wildman–Crippen LogP) is 14.1. The van der Waals surface area contributed by atoms with Crippen LogP contribution in [0.5, 0.6) is 0 Å². The first kappa shape index (κ1) is 32.7. The molecule has 0 spiro atoms. The van der Waals surface area contributed by atoms with Crippen LogP contribution in [-0.4, -0.2) is 14.0 Å². The van der Waals surface area contributed by atoms with Crippen molar-refractivity contribution in [3.63, 3.8) is 0 Å². The summed E-state index contributed by atoms with van der Waals surface area (Å²) in [5.41, 5.74) is 14.4. The number of pyridine rings is 1. The van der Waals surface area contributed by atoms with E-state index in [1.165, 1.54) is 43.7 Å². The minimum Gasteiger partial charge on any atom is -0.311 e. The van der Waals surface area contributed by atoms with Gasteiger partial charge in [0.05, 0.1) is 22.4 Å². The molecule has 0 N–H and O–H groups in total. The maximum absolute atomic E-state index is 5.05. The van der Waals surface area contributed by atoms with E-state index in [1.807, 2.05) is 12.1 Å². The van der Waals surface area contributed by atoms with Gasteiger partial charge in [0.15, 0.2) is 0 Å². The van der Waals surface area contributed by atoms with Gasteiger partial charge in [-0.25, -0.2) is 4.98 Å². The van der Waals surface area contributed by atoms with Gasteiger partial charge >= 0.3 is 0 Å². The van der Waals surface area contributed by atoms with Crippen molar-refractivity contribution in [3.8, 4) is 39.3 Å². The van der Waals surface area contributed by atoms with Crippen LogP contribution in [0, 0.1) is 0 Å². The molecule has 4 nitrogen and oxygen atoms in total. The van der Waals surface area contributed by atoms with E-state index in [-0.39, 0.29) is 0 Å². The Labute approximate surface area is 330 Å². The van der Waals surface area contributed by atoms with Gasteiger partial charge in [-0.05, 0) is 94.7 Å². The zero-order valence-corrected chi connectivity index (χ0v) is 31.1. The van der Waals surface area contributed by atoms with Crippen LogP contribution in [0.15, 0.2) is 219 Å². The Hall–Kier alpha value is -7.69. The highest BCUT2D eigenvalue weighted by Gasteiger charge is 2.19. The standard InChI is InChI=1S/C53H36N4/c1-3-14-40(15-4-1)52-53(55-36-12-11-21-50(55)54-52)41-26-33-44(34-27-41)56(42-16-5-2-6-17-42)43-29-22-37(23-30-43)38-24-31-45(32-25-38)57-48-20-10-9-19-47(48)51-46-18-8-7-13-39(46)28-35-49(51)57/h1-36H. The van der Waals surface area contributed by atoms with E-state index in [0.29, 0.717) is 0 Å². The van der Waals surface area contributed by atoms with Gasteiger partial charge in [0.1, 0.15) is 5.65 Å². The second kappa shape index (κ2) is 13.6. The van der Waals surface area contributed by atoms with Crippen molar-refractivity contribution in [3.05, 3.63) is 219 Å². The average Bonchev–Trinajstić information content (AvgIpc) is 3.85. The van der Waals surface area contributed by atoms with Crippen LogP contribution >= 0.6 is 0 Å². The number of benzene rings is 8. The molecule has 11 rings (SSSR count). The minimum atomic E-state index is 0.927. The summed E-state index contributed by atoms with van der Waals surface area (Å²) >= 11 is 0. The summed E-state index contributed by atoms with van der Waals surface area (Å²) in [6, 6.07) is 75.8. The normalized spacial score (nSPS) is 11.5. The minimum absolute atomic E-state index is 0.927. The lowest BCUT2D eigenvalue weighted by Crippen LogP contribution is -2.09. The fourth-order valence-corrected chi connectivity index (χ4v) is 8.48. The van der Waals surface area contributed by atoms with Crippen molar-refractivity contribution in [2.45, 2.75) is 0 Å². The summed E-state index contributed by atoms with van der Waals surface area (Å²) in [5.74, 6) is 0. The van der Waals surface area contributed by atoms with Gasteiger partial charge in [-0.1, -0.05) is 140 Å². The smallest absolute Gasteiger partial charge is 0.137 e. The molecule has 3 aromatic heterocycles. The zero-order valence-electron chi connectivity index (χ0n) is 31.1. The quantitative estimate of drug-likeness (QED) is 0.163. The topological polar surface area (TPSA) is 25.5 Å². The Morgan fingerprint density at radius 3 is 1.70 bits per heavy atom. The van der Waals surface area contributed by atoms with E-state index >= 15 is 0 Å². The SMILES string of the molecule is c1ccc(-c2nc3ccccn3c2-c2ccc(N(c3ccccc3)c3ccc(-c4ccc(-n5c6ccccc6c6c7ccccc7ccc65)cc4)cc3)cc2)cc1. The number of hydrogen-bond acceptors (Lipinski definition) is 2. The number of hydrogen-bond donors (Lipinski definition) is 0. The second-order valence-corrected chi connectivity index (χ2v) is 14.4. The van der Waals surface area contributed by atoms with Gasteiger partial charge in [0, 0.05) is 50.8 Å². The van der Waals surface area contributed by atoms with Gasteiger partial charge in [0.25, 0.3) is 0 Å². The number of aromatic nitrogens is 3. The van der Waals surface area contributed by atoms with Crippen molar-refractivity contribution in [2.75, 3.05) is 4.90 Å². The van der Waals surface area contributed by atoms with Gasteiger partial charge in [-0.2, -0.15) is 0 Å². The summed E-state index contributed by atoms with van der Waals surface area (Å²) in [7, 11) is 0. The van der Waals surface area contributed by atoms with E-state index < -0.39 is 0 Å². The zero-order chi connectivity index (χ0) is 37.7. The van der Waals surface area contributed by atoms with Crippen LogP contribution in [-0.2, 0) is 0 Å². The highest BCUT2D eigenvalue weighted by Crippen LogP contribution is 2.40. The first-order valence-corrected chi connectivity index (χ1v) is 19.4. The van der Waals surface area contributed by atoms with Crippen LogP contribution in [0.3, 0.4) is 0 Å². The van der Waals surface area contributed by atoms with E-state index in [9.17, 15) is 0 Å². The summed E-state index contributed by atoms with van der Waals surface area (Å²) in [6.07, 6.45) is 2.09. The molecular weight excluding hydrogens is 693 g/mol. The molecule has 0 saturated carbocycles. The number of imidazole rings is 1. The third-order valence-corrected chi connectivity index (χ3v) is 11.1. The predicted molar refractivity (Wildman–Crippen MR) is 238 cm³/mol. The maximum atomic E-state index is 5.05. The van der Waals surface area contributed by atoms with Crippen LogP contribution in [0.4, 0.5) is 17.1 Å². The Morgan fingerprint density at radius 2 is 0.965 bits per heavy atom. The molecule has 3 heterocycles. The molecular formula is C53H36N4. The Kier molecular flexibility index (Phi) is 7.78. The van der Waals surface area contributed by atoms with Crippen LogP contribution < -0.4 is 4.90 Å². The lowest BCUT2D eigenvalue weighted by Gasteiger charge is -2.26. The molecule has 0 aliphatic carbocycles. The Balaban J connectivity index is 0.936. The largest absolute Gasteiger partial charge is 0.311 e. The fraction of sp³-hybridized carbons (Fsp3) is 0. The first-order chi connectivity index (χ1) is 28.3. The molecule has 57 heavy (non-hydrogen) atoms. The molecule has 0 atom stereocenters. The van der Waals surface area contributed by atoms with Gasteiger partial charge < -0.3 is 9.47 Å². The van der Waals surface area contributed by atoms with Crippen molar-refractivity contribution < 1.29 is 0 Å². The molecule has 0 aliphatic rings. The maximum Gasteiger partial charge on any atom is 0.137 e. The van der Waals surface area contributed by atoms with Gasteiger partial charge in [-0.3, -0.25) is 4.40 Å². The molecule has 268 valence electrons. The van der Waals surface area contributed by atoms with Crippen molar-refractivity contribution >= 4 is 55.3 Å². The molecule has 0 radical (unpaired) electrons. The molecule has 0 fully saturated rings. The van der Waals surface area contributed by atoms with Crippen molar-refractivity contribution in [2.24, 2.45) is 0 Å². The lowest BCUT2D eigenvalue weighted by molar-refractivity contribution is 1.18. The van der Waals surface area contributed by atoms with E-state index in [4.69, 9.17) is 4.98 Å². The lowest BCUT2D eigenvalue weighted by atomic mass is 10.0. The molecule has 4 heteroatoms. The number of rotatable bonds is 7. The second-order valence-electron chi connectivity index (χ2n) is 14.4. The molecule has 0 amide bonds. The number of nitrogens with zero attached hydrogens (tertiary/aromatic N) is 4. The Morgan fingerprint density at radius 1 is 0.386 bits per heavy atom.